The molecule has 4 N–H and O–H groups in total. The van der Waals surface area contributed by atoms with Gasteiger partial charge in [0.1, 0.15) is 11.2 Å². The maximum Gasteiger partial charge on any atom is 0.317 e. The third kappa shape index (κ3) is 5.45. The summed E-state index contributed by atoms with van der Waals surface area (Å²) in [5, 5.41) is 12.6. The maximum absolute atomic E-state index is 13.3. The molecule has 1 aliphatic rings. The third-order valence-electron chi connectivity index (χ3n) is 6.05. The minimum absolute atomic E-state index is 0.0841. The van der Waals surface area contributed by atoms with E-state index in [0.29, 0.717) is 29.8 Å². The number of hydrogen-bond acceptors (Lipinski definition) is 8. The molecule has 0 bridgehead atoms. The summed E-state index contributed by atoms with van der Waals surface area (Å²) in [6.07, 6.45) is 3.74. The van der Waals surface area contributed by atoms with Gasteiger partial charge in [-0.2, -0.15) is 4.98 Å². The van der Waals surface area contributed by atoms with E-state index in [4.69, 9.17) is 10.8 Å². The van der Waals surface area contributed by atoms with Gasteiger partial charge >= 0.3 is 5.97 Å². The van der Waals surface area contributed by atoms with Crippen LogP contribution in [0.4, 0.5) is 17.5 Å². The molecule has 0 spiro atoms. The van der Waals surface area contributed by atoms with Gasteiger partial charge in [-0.05, 0) is 30.2 Å². The Morgan fingerprint density at radius 2 is 1.85 bits per heavy atom. The summed E-state index contributed by atoms with van der Waals surface area (Å²) >= 11 is 0. The Balaban J connectivity index is 1.49. The quantitative estimate of drug-likeness (QED) is 0.405. The highest BCUT2D eigenvalue weighted by atomic mass is 16.4. The Labute approximate surface area is 198 Å². The number of piperazine rings is 1. The summed E-state index contributed by atoms with van der Waals surface area (Å²) in [5.74, 6) is -0.170. The minimum Gasteiger partial charge on any atom is -0.480 e. The van der Waals surface area contributed by atoms with Crippen molar-refractivity contribution in [3.63, 3.8) is 0 Å². The van der Waals surface area contributed by atoms with Crippen molar-refractivity contribution in [2.24, 2.45) is 0 Å². The maximum atomic E-state index is 13.3. The number of carboxylic acids is 1. The SMILES string of the molecule is CCCCNc1nc(N)nc2ccn(Cc3ccc(N4CCN(CC(=O)O)CC4)cc3)c(=O)c12. The van der Waals surface area contributed by atoms with Crippen molar-refractivity contribution in [2.75, 3.05) is 55.2 Å². The third-order valence-corrected chi connectivity index (χ3v) is 6.05. The van der Waals surface area contributed by atoms with E-state index >= 15 is 0 Å². The number of hydrogen-bond donors (Lipinski definition) is 3. The van der Waals surface area contributed by atoms with Crippen LogP contribution in [0.25, 0.3) is 10.9 Å². The molecule has 0 atom stereocenters. The Kier molecular flexibility index (Phi) is 7.27. The molecule has 0 radical (unpaired) electrons. The average Bonchev–Trinajstić information content (AvgIpc) is 2.81. The number of unbranched alkanes of at least 4 members (excludes halogenated alkanes) is 1. The van der Waals surface area contributed by atoms with Gasteiger partial charge in [0.15, 0.2) is 0 Å². The van der Waals surface area contributed by atoms with Gasteiger partial charge < -0.3 is 25.6 Å². The summed E-state index contributed by atoms with van der Waals surface area (Å²) in [7, 11) is 0. The van der Waals surface area contributed by atoms with Gasteiger partial charge in [-0.25, -0.2) is 4.98 Å². The number of carbonyl (C=O) groups is 1. The number of nitrogens with two attached hydrogens (primary N) is 1. The van der Waals surface area contributed by atoms with Gasteiger partial charge in [0, 0.05) is 44.6 Å². The van der Waals surface area contributed by atoms with Gasteiger partial charge in [0.2, 0.25) is 5.95 Å². The Morgan fingerprint density at radius 1 is 1.12 bits per heavy atom. The molecule has 10 heteroatoms. The van der Waals surface area contributed by atoms with Crippen molar-refractivity contribution in [3.05, 3.63) is 52.4 Å². The number of aromatic nitrogens is 3. The fraction of sp³-hybridized carbons (Fsp3) is 0.417. The fourth-order valence-corrected chi connectivity index (χ4v) is 4.20. The lowest BCUT2D eigenvalue weighted by Gasteiger charge is -2.35. The first-order valence-electron chi connectivity index (χ1n) is 11.6. The van der Waals surface area contributed by atoms with Crippen molar-refractivity contribution in [1.82, 2.24) is 19.4 Å². The molecule has 3 aromatic rings. The largest absolute Gasteiger partial charge is 0.480 e. The molecule has 1 aromatic carbocycles. The van der Waals surface area contributed by atoms with Crippen LogP contribution in [-0.4, -0.2) is 69.8 Å². The second kappa shape index (κ2) is 10.5. The number of pyridine rings is 1. The molecule has 34 heavy (non-hydrogen) atoms. The van der Waals surface area contributed by atoms with Crippen LogP contribution in [0.1, 0.15) is 25.3 Å². The Hall–Kier alpha value is -3.66. The number of carboxylic acid groups (broad SMARTS) is 1. The molecule has 180 valence electrons. The molecule has 2 aromatic heterocycles. The molecule has 1 aliphatic heterocycles. The van der Waals surface area contributed by atoms with E-state index in [0.717, 1.165) is 50.3 Å². The highest BCUT2D eigenvalue weighted by Crippen LogP contribution is 2.20. The van der Waals surface area contributed by atoms with Crippen LogP contribution >= 0.6 is 0 Å². The van der Waals surface area contributed by atoms with Crippen LogP contribution < -0.4 is 21.5 Å². The number of nitrogens with one attached hydrogen (secondary N) is 1. The molecule has 0 amide bonds. The predicted molar refractivity (Wildman–Crippen MR) is 133 cm³/mol. The molecule has 0 saturated carbocycles. The van der Waals surface area contributed by atoms with Crippen LogP contribution in [0.3, 0.4) is 0 Å². The smallest absolute Gasteiger partial charge is 0.317 e. The molecule has 3 heterocycles. The number of nitrogens with zero attached hydrogens (tertiary/aromatic N) is 5. The summed E-state index contributed by atoms with van der Waals surface area (Å²) in [6, 6.07) is 9.95. The molecule has 10 nitrogen and oxygen atoms in total. The van der Waals surface area contributed by atoms with Crippen molar-refractivity contribution >= 4 is 34.3 Å². The fourth-order valence-electron chi connectivity index (χ4n) is 4.20. The van der Waals surface area contributed by atoms with Crippen LogP contribution in [0.15, 0.2) is 41.3 Å². The number of nitrogen functional groups attached to an aromatic ring is 1. The molecule has 4 rings (SSSR count). The van der Waals surface area contributed by atoms with Gasteiger partial charge in [-0.15, -0.1) is 0 Å². The first-order chi connectivity index (χ1) is 16.4. The lowest BCUT2D eigenvalue weighted by molar-refractivity contribution is -0.138. The van der Waals surface area contributed by atoms with Gasteiger partial charge in [0.25, 0.3) is 5.56 Å². The van der Waals surface area contributed by atoms with Gasteiger partial charge in [0.05, 0.1) is 18.6 Å². The monoisotopic (exact) mass is 465 g/mol. The number of fused-ring (bicyclic) bond motifs is 1. The van der Waals surface area contributed by atoms with Gasteiger partial charge in [-0.3, -0.25) is 14.5 Å². The minimum atomic E-state index is -0.791. The van der Waals surface area contributed by atoms with Crippen molar-refractivity contribution in [2.45, 2.75) is 26.3 Å². The van der Waals surface area contributed by atoms with Crippen LogP contribution in [0.2, 0.25) is 0 Å². The van der Waals surface area contributed by atoms with Crippen molar-refractivity contribution < 1.29 is 9.90 Å². The summed E-state index contributed by atoms with van der Waals surface area (Å²) in [4.78, 5) is 36.9. The molecule has 0 unspecified atom stereocenters. The van der Waals surface area contributed by atoms with Crippen LogP contribution in [-0.2, 0) is 11.3 Å². The molecule has 0 aliphatic carbocycles. The normalized spacial score (nSPS) is 14.4. The number of aliphatic carboxylic acids is 1. The van der Waals surface area contributed by atoms with Crippen LogP contribution in [0, 0.1) is 0 Å². The zero-order chi connectivity index (χ0) is 24.1. The summed E-state index contributed by atoms with van der Waals surface area (Å²) in [6.45, 7) is 6.35. The average molecular weight is 466 g/mol. The second-order valence-corrected chi connectivity index (χ2v) is 8.54. The second-order valence-electron chi connectivity index (χ2n) is 8.54. The highest BCUT2D eigenvalue weighted by molar-refractivity contribution is 5.89. The van der Waals surface area contributed by atoms with E-state index in [1.807, 2.05) is 17.0 Å². The zero-order valence-corrected chi connectivity index (χ0v) is 19.4. The van der Waals surface area contributed by atoms with E-state index in [2.05, 4.69) is 39.2 Å². The van der Waals surface area contributed by atoms with E-state index in [9.17, 15) is 9.59 Å². The van der Waals surface area contributed by atoms with E-state index in [-0.39, 0.29) is 18.1 Å². The summed E-state index contributed by atoms with van der Waals surface area (Å²) in [5.41, 5.74) is 8.32. The first kappa shape index (κ1) is 23.5. The Bertz CT molecular complexity index is 1200. The number of benzene rings is 1. The lowest BCUT2D eigenvalue weighted by Crippen LogP contribution is -2.47. The molecular weight excluding hydrogens is 434 g/mol. The highest BCUT2D eigenvalue weighted by Gasteiger charge is 2.19. The number of anilines is 3. The lowest BCUT2D eigenvalue weighted by atomic mass is 10.1. The van der Waals surface area contributed by atoms with Crippen LogP contribution in [0.5, 0.6) is 0 Å². The topological polar surface area (TPSA) is 130 Å². The molecular formula is C24H31N7O3. The predicted octanol–water partition coefficient (Wildman–Crippen LogP) is 1.84. The van der Waals surface area contributed by atoms with E-state index < -0.39 is 5.97 Å². The van der Waals surface area contributed by atoms with E-state index in [1.54, 1.807) is 16.8 Å². The first-order valence-corrected chi connectivity index (χ1v) is 11.6. The standard InChI is InChI=1S/C24H31N7O3/c1-2-3-9-26-22-21-19(27-24(25)28-22)8-10-31(23(21)34)15-17-4-6-18(7-5-17)30-13-11-29(12-14-30)16-20(32)33/h4-8,10H,2-3,9,11-16H2,1H3,(H,32,33)(H3,25,26,27,28). The molecule has 1 saturated heterocycles. The molecule has 1 fully saturated rings. The van der Waals surface area contributed by atoms with E-state index in [1.165, 1.54) is 0 Å². The number of rotatable bonds is 9. The zero-order valence-electron chi connectivity index (χ0n) is 19.4. The van der Waals surface area contributed by atoms with Gasteiger partial charge in [-0.1, -0.05) is 25.5 Å². The Morgan fingerprint density at radius 3 is 2.53 bits per heavy atom. The van der Waals surface area contributed by atoms with Crippen molar-refractivity contribution in [3.8, 4) is 0 Å². The summed E-state index contributed by atoms with van der Waals surface area (Å²) < 4.78 is 1.66. The van der Waals surface area contributed by atoms with Crippen molar-refractivity contribution in [1.29, 1.82) is 0 Å².